The van der Waals surface area contributed by atoms with Gasteiger partial charge in [-0.25, -0.2) is 8.78 Å². The van der Waals surface area contributed by atoms with Crippen molar-refractivity contribution in [2.24, 2.45) is 0 Å². The van der Waals surface area contributed by atoms with E-state index < -0.39 is 17.2 Å². The molecule has 4 rings (SSSR count). The Hall–Kier alpha value is -3.74. The smallest absolute Gasteiger partial charge is 0.248 e. The van der Waals surface area contributed by atoms with Crippen LogP contribution in [-0.2, 0) is 22.6 Å². The van der Waals surface area contributed by atoms with Crippen molar-refractivity contribution in [1.29, 1.82) is 0 Å². The first-order chi connectivity index (χ1) is 19.8. The summed E-state index contributed by atoms with van der Waals surface area (Å²) in [5.74, 6) is -1.02. The van der Waals surface area contributed by atoms with Crippen LogP contribution in [0.15, 0.2) is 54.9 Å². The van der Waals surface area contributed by atoms with Gasteiger partial charge in [-0.05, 0) is 35.9 Å². The minimum atomic E-state index is -1.50. The molecule has 1 amide bonds. The van der Waals surface area contributed by atoms with Crippen LogP contribution in [0.2, 0.25) is 0 Å². The lowest BCUT2D eigenvalue weighted by Crippen LogP contribution is -2.52. The summed E-state index contributed by atoms with van der Waals surface area (Å²) in [7, 11) is 3.01. The SMILES string of the molecule is COCC(=O)N1CCN(Cc2ccc(OC)c(OCCCn3cccn3)c2)C[C@](O)(COc2ccc(F)c(F)c2)C1. The van der Waals surface area contributed by atoms with Crippen LogP contribution in [0.25, 0.3) is 0 Å². The lowest BCUT2D eigenvalue weighted by Gasteiger charge is -2.33. The Balaban J connectivity index is 1.45. The maximum absolute atomic E-state index is 13.7. The van der Waals surface area contributed by atoms with Crippen LogP contribution in [0.3, 0.4) is 0 Å². The van der Waals surface area contributed by atoms with Crippen molar-refractivity contribution < 1.29 is 37.6 Å². The fraction of sp³-hybridized carbons (Fsp3) is 0.448. The van der Waals surface area contributed by atoms with Gasteiger partial charge in [-0.2, -0.15) is 5.10 Å². The standard InChI is InChI=1S/C29H36F2N4O6/c1-38-18-28(36)34-13-12-33(19-29(37,20-34)21-41-23-6-7-24(30)25(31)16-23)17-22-5-8-26(39-2)27(15-22)40-14-4-11-35-10-3-9-32-35/h3,5-10,15-16,37H,4,11-14,17-21H2,1-2H3/t29-/m1/s1. The van der Waals surface area contributed by atoms with Crippen LogP contribution in [-0.4, -0.2) is 96.4 Å². The number of benzene rings is 2. The molecule has 12 heteroatoms. The summed E-state index contributed by atoms with van der Waals surface area (Å²) in [6.45, 7) is 2.29. The zero-order valence-electron chi connectivity index (χ0n) is 23.3. The average Bonchev–Trinajstić information content (AvgIpc) is 3.42. The molecule has 1 aliphatic heterocycles. The quantitative estimate of drug-likeness (QED) is 0.312. The summed E-state index contributed by atoms with van der Waals surface area (Å²) in [6, 6.07) is 10.7. The number of amides is 1. The molecule has 2 heterocycles. The summed E-state index contributed by atoms with van der Waals surface area (Å²) in [5, 5.41) is 15.8. The molecule has 0 aliphatic carbocycles. The first-order valence-corrected chi connectivity index (χ1v) is 13.3. The van der Waals surface area contributed by atoms with Gasteiger partial charge in [0, 0.05) is 64.7 Å². The second kappa shape index (κ2) is 14.2. The molecular formula is C29H36F2N4O6. The van der Waals surface area contributed by atoms with Crippen molar-refractivity contribution in [3.63, 3.8) is 0 Å². The summed E-state index contributed by atoms with van der Waals surface area (Å²) in [4.78, 5) is 16.2. The van der Waals surface area contributed by atoms with E-state index in [1.165, 1.54) is 18.1 Å². The van der Waals surface area contributed by atoms with Gasteiger partial charge in [0.15, 0.2) is 23.1 Å². The van der Waals surface area contributed by atoms with Gasteiger partial charge in [-0.3, -0.25) is 14.4 Å². The van der Waals surface area contributed by atoms with Gasteiger partial charge >= 0.3 is 0 Å². The third-order valence-corrected chi connectivity index (χ3v) is 6.69. The maximum Gasteiger partial charge on any atom is 0.248 e. The van der Waals surface area contributed by atoms with Crippen molar-refractivity contribution in [1.82, 2.24) is 19.6 Å². The minimum Gasteiger partial charge on any atom is -0.493 e. The summed E-state index contributed by atoms with van der Waals surface area (Å²) in [6.07, 6.45) is 4.40. The minimum absolute atomic E-state index is 0.0113. The molecule has 0 radical (unpaired) electrons. The Labute approximate surface area is 238 Å². The zero-order valence-corrected chi connectivity index (χ0v) is 23.3. The molecule has 222 valence electrons. The lowest BCUT2D eigenvalue weighted by atomic mass is 10.0. The lowest BCUT2D eigenvalue weighted by molar-refractivity contribution is -0.138. The largest absolute Gasteiger partial charge is 0.493 e. The molecular weight excluding hydrogens is 538 g/mol. The molecule has 10 nitrogen and oxygen atoms in total. The van der Waals surface area contributed by atoms with Crippen molar-refractivity contribution in [2.75, 3.05) is 60.2 Å². The zero-order chi connectivity index (χ0) is 29.2. The van der Waals surface area contributed by atoms with E-state index in [2.05, 4.69) is 5.10 Å². The number of β-amino-alcohol motifs (C(OH)–C–C–N with tert-alkyl or cyclic N) is 1. The highest BCUT2D eigenvalue weighted by atomic mass is 19.2. The molecule has 1 aliphatic rings. The Morgan fingerprint density at radius 1 is 1.05 bits per heavy atom. The van der Waals surface area contributed by atoms with Gasteiger partial charge in [0.1, 0.15) is 24.6 Å². The molecule has 41 heavy (non-hydrogen) atoms. The average molecular weight is 575 g/mol. The second-order valence-electron chi connectivity index (χ2n) is 10.0. The van der Waals surface area contributed by atoms with Gasteiger partial charge in [-0.15, -0.1) is 0 Å². The number of hydrogen-bond acceptors (Lipinski definition) is 8. The maximum atomic E-state index is 13.7. The van der Waals surface area contributed by atoms with E-state index in [1.54, 1.807) is 13.3 Å². The molecule has 2 aromatic carbocycles. The predicted molar refractivity (Wildman–Crippen MR) is 146 cm³/mol. The number of carbonyl (C=O) groups excluding carboxylic acids is 1. The number of rotatable bonds is 13. The molecule has 1 aromatic heterocycles. The number of aliphatic hydroxyl groups is 1. The van der Waals surface area contributed by atoms with E-state index >= 15 is 0 Å². The molecule has 0 unspecified atom stereocenters. The Morgan fingerprint density at radius 3 is 2.63 bits per heavy atom. The summed E-state index contributed by atoms with van der Waals surface area (Å²) < 4.78 is 51.1. The first kappa shape index (κ1) is 30.2. The highest BCUT2D eigenvalue weighted by Gasteiger charge is 2.37. The van der Waals surface area contributed by atoms with Crippen molar-refractivity contribution in [3.8, 4) is 17.2 Å². The number of aromatic nitrogens is 2. The van der Waals surface area contributed by atoms with Crippen molar-refractivity contribution in [3.05, 3.63) is 72.1 Å². The van der Waals surface area contributed by atoms with E-state index in [9.17, 15) is 18.7 Å². The van der Waals surface area contributed by atoms with E-state index in [1.807, 2.05) is 40.0 Å². The fourth-order valence-electron chi connectivity index (χ4n) is 4.71. The van der Waals surface area contributed by atoms with Crippen LogP contribution in [0.5, 0.6) is 17.2 Å². The normalized spacial score (nSPS) is 17.7. The molecule has 0 spiro atoms. The van der Waals surface area contributed by atoms with Gasteiger partial charge in [-0.1, -0.05) is 6.07 Å². The number of methoxy groups -OCH3 is 2. The van der Waals surface area contributed by atoms with E-state index in [0.29, 0.717) is 37.7 Å². The predicted octanol–water partition coefficient (Wildman–Crippen LogP) is 2.74. The third kappa shape index (κ3) is 8.62. The van der Waals surface area contributed by atoms with E-state index in [-0.39, 0.29) is 38.0 Å². The van der Waals surface area contributed by atoms with E-state index in [0.717, 1.165) is 30.7 Å². The summed E-state index contributed by atoms with van der Waals surface area (Å²) >= 11 is 0. The Bertz CT molecular complexity index is 1280. The molecule has 1 N–H and O–H groups in total. The molecule has 1 fully saturated rings. The number of hydrogen-bond donors (Lipinski definition) is 1. The number of halogens is 2. The Morgan fingerprint density at radius 2 is 1.90 bits per heavy atom. The van der Waals surface area contributed by atoms with Crippen LogP contribution in [0.1, 0.15) is 12.0 Å². The van der Waals surface area contributed by atoms with E-state index in [4.69, 9.17) is 18.9 Å². The van der Waals surface area contributed by atoms with Crippen LogP contribution in [0.4, 0.5) is 8.78 Å². The van der Waals surface area contributed by atoms with Crippen LogP contribution in [0, 0.1) is 11.6 Å². The van der Waals surface area contributed by atoms with Crippen molar-refractivity contribution >= 4 is 5.91 Å². The topological polar surface area (TPSA) is 98.5 Å². The highest BCUT2D eigenvalue weighted by Crippen LogP contribution is 2.29. The highest BCUT2D eigenvalue weighted by molar-refractivity contribution is 5.77. The summed E-state index contributed by atoms with van der Waals surface area (Å²) in [5.41, 5.74) is -0.572. The molecule has 1 atom stereocenters. The third-order valence-electron chi connectivity index (χ3n) is 6.69. The molecule has 3 aromatic rings. The monoisotopic (exact) mass is 574 g/mol. The second-order valence-corrected chi connectivity index (χ2v) is 10.0. The van der Waals surface area contributed by atoms with Gasteiger partial charge in [0.25, 0.3) is 0 Å². The Kier molecular flexibility index (Phi) is 10.5. The van der Waals surface area contributed by atoms with Gasteiger partial charge < -0.3 is 29.0 Å². The number of nitrogens with zero attached hydrogens (tertiary/aromatic N) is 4. The fourth-order valence-corrected chi connectivity index (χ4v) is 4.71. The molecule has 0 bridgehead atoms. The van der Waals surface area contributed by atoms with Crippen molar-refractivity contribution in [2.45, 2.75) is 25.1 Å². The van der Waals surface area contributed by atoms with Crippen LogP contribution < -0.4 is 14.2 Å². The number of aryl methyl sites for hydroxylation is 1. The van der Waals surface area contributed by atoms with Gasteiger partial charge in [0.2, 0.25) is 5.91 Å². The number of ether oxygens (including phenoxy) is 4. The number of carbonyl (C=O) groups is 1. The molecule has 0 saturated carbocycles. The van der Waals surface area contributed by atoms with Gasteiger partial charge in [0.05, 0.1) is 20.3 Å². The first-order valence-electron chi connectivity index (χ1n) is 13.3. The molecule has 1 saturated heterocycles. The van der Waals surface area contributed by atoms with Crippen LogP contribution >= 0.6 is 0 Å².